The second kappa shape index (κ2) is 5.65. The average molecular weight is 226 g/mol. The van der Waals surface area contributed by atoms with Gasteiger partial charge in [0.15, 0.2) is 0 Å². The number of nitrogens with one attached hydrogen (secondary N) is 1. The summed E-state index contributed by atoms with van der Waals surface area (Å²) >= 11 is 0. The van der Waals surface area contributed by atoms with Gasteiger partial charge in [-0.05, 0) is 13.3 Å². The molecule has 1 rings (SSSR count). The molecule has 0 saturated carbocycles. The van der Waals surface area contributed by atoms with Gasteiger partial charge in [-0.2, -0.15) is 0 Å². The zero-order valence-corrected chi connectivity index (χ0v) is 9.69. The highest BCUT2D eigenvalue weighted by Crippen LogP contribution is 2.11. The molecule has 90 valence electrons. The van der Waals surface area contributed by atoms with Gasteiger partial charge in [0, 0.05) is 38.7 Å². The topological polar surface area (TPSA) is 69.6 Å². The number of likely N-dealkylation sites (tertiary alicyclic amines) is 1. The van der Waals surface area contributed by atoms with Crippen LogP contribution in [0.2, 0.25) is 0 Å². The number of hydrogen-bond acceptors (Lipinski definition) is 3. The molecule has 16 heavy (non-hydrogen) atoms. The Morgan fingerprint density at radius 1 is 1.50 bits per heavy atom. The van der Waals surface area contributed by atoms with Crippen molar-refractivity contribution in [3.63, 3.8) is 0 Å². The number of carbonyl (C=O) groups is 2. The van der Waals surface area contributed by atoms with E-state index in [1.54, 1.807) is 6.92 Å². The molecule has 0 aromatic rings. The molecule has 1 saturated heterocycles. The number of hydrogen-bond donors (Lipinski definition) is 2. The fraction of sp³-hybridized carbons (Fsp3) is 0.636. The predicted octanol–water partition coefficient (Wildman–Crippen LogP) is 0.228. The van der Waals surface area contributed by atoms with Crippen molar-refractivity contribution in [3.05, 3.63) is 11.6 Å². The quantitative estimate of drug-likeness (QED) is 0.673. The van der Waals surface area contributed by atoms with Crippen LogP contribution in [0, 0.1) is 0 Å². The maximum Gasteiger partial charge on any atom is 0.328 e. The van der Waals surface area contributed by atoms with E-state index in [4.69, 9.17) is 5.11 Å². The minimum atomic E-state index is -0.907. The van der Waals surface area contributed by atoms with Crippen molar-refractivity contribution in [2.45, 2.75) is 26.3 Å². The molecule has 0 aromatic carbocycles. The molecular formula is C11H18N2O3. The predicted molar refractivity (Wildman–Crippen MR) is 60.1 cm³/mol. The monoisotopic (exact) mass is 226 g/mol. The number of rotatable bonds is 4. The van der Waals surface area contributed by atoms with Crippen molar-refractivity contribution in [1.82, 2.24) is 10.2 Å². The van der Waals surface area contributed by atoms with E-state index in [1.165, 1.54) is 13.0 Å². The van der Waals surface area contributed by atoms with Crippen LogP contribution in [0.4, 0.5) is 0 Å². The van der Waals surface area contributed by atoms with Crippen molar-refractivity contribution in [1.29, 1.82) is 0 Å². The van der Waals surface area contributed by atoms with Crippen LogP contribution in [0.3, 0.4) is 0 Å². The Balaban J connectivity index is 2.36. The second-order valence-electron chi connectivity index (χ2n) is 4.25. The highest BCUT2D eigenvalue weighted by molar-refractivity contribution is 5.80. The Hall–Kier alpha value is -1.36. The molecule has 5 nitrogen and oxygen atoms in total. The summed E-state index contributed by atoms with van der Waals surface area (Å²) < 4.78 is 0. The van der Waals surface area contributed by atoms with Crippen molar-refractivity contribution in [2.75, 3.05) is 19.6 Å². The molecule has 1 fully saturated rings. The van der Waals surface area contributed by atoms with Gasteiger partial charge in [0.2, 0.25) is 5.91 Å². The number of amides is 1. The smallest absolute Gasteiger partial charge is 0.328 e. The van der Waals surface area contributed by atoms with Gasteiger partial charge in [-0.15, -0.1) is 0 Å². The van der Waals surface area contributed by atoms with E-state index in [1.807, 2.05) is 0 Å². The first-order valence-electron chi connectivity index (χ1n) is 5.37. The number of carboxylic acids is 1. The van der Waals surface area contributed by atoms with E-state index in [2.05, 4.69) is 10.2 Å². The second-order valence-corrected chi connectivity index (χ2v) is 4.25. The van der Waals surface area contributed by atoms with Crippen LogP contribution >= 0.6 is 0 Å². The Kier molecular flexibility index (Phi) is 4.49. The van der Waals surface area contributed by atoms with E-state index < -0.39 is 5.97 Å². The third kappa shape index (κ3) is 4.44. The molecule has 2 N–H and O–H groups in total. The molecule has 1 aliphatic heterocycles. The summed E-state index contributed by atoms with van der Waals surface area (Å²) in [6, 6.07) is 0.204. The summed E-state index contributed by atoms with van der Waals surface area (Å²) in [6.07, 6.45) is 2.16. The fourth-order valence-corrected chi connectivity index (χ4v) is 1.99. The minimum Gasteiger partial charge on any atom is -0.478 e. The van der Waals surface area contributed by atoms with Crippen molar-refractivity contribution < 1.29 is 14.7 Å². The Labute approximate surface area is 95.1 Å². The number of carboxylic acid groups (broad SMARTS) is 1. The summed E-state index contributed by atoms with van der Waals surface area (Å²) in [5, 5.41) is 11.4. The van der Waals surface area contributed by atoms with E-state index >= 15 is 0 Å². The molecule has 1 aliphatic rings. The first kappa shape index (κ1) is 12.7. The van der Waals surface area contributed by atoms with E-state index in [0.29, 0.717) is 6.54 Å². The normalized spacial score (nSPS) is 22.1. The molecule has 0 spiro atoms. The number of aliphatic carboxylic acids is 1. The molecule has 1 heterocycles. The zero-order chi connectivity index (χ0) is 12.1. The fourth-order valence-electron chi connectivity index (χ4n) is 1.99. The van der Waals surface area contributed by atoms with Gasteiger partial charge in [-0.1, -0.05) is 5.57 Å². The summed E-state index contributed by atoms with van der Waals surface area (Å²) in [7, 11) is 0. The highest BCUT2D eigenvalue weighted by Gasteiger charge is 2.22. The SMILES string of the molecule is CC(=O)NC1CCN(CC(C)=CC(=O)O)C1. The van der Waals surface area contributed by atoms with Gasteiger partial charge >= 0.3 is 5.97 Å². The Morgan fingerprint density at radius 3 is 2.75 bits per heavy atom. The first-order valence-corrected chi connectivity index (χ1v) is 5.37. The molecule has 1 atom stereocenters. The lowest BCUT2D eigenvalue weighted by molar-refractivity contribution is -0.131. The maximum atomic E-state index is 10.9. The molecule has 0 radical (unpaired) electrons. The van der Waals surface area contributed by atoms with Gasteiger partial charge in [0.25, 0.3) is 0 Å². The summed E-state index contributed by atoms with van der Waals surface area (Å²) in [6.45, 7) is 5.67. The molecule has 0 aromatic heterocycles. The Bertz CT molecular complexity index is 312. The molecule has 5 heteroatoms. The van der Waals surface area contributed by atoms with Crippen molar-refractivity contribution in [3.8, 4) is 0 Å². The number of nitrogens with zero attached hydrogens (tertiary/aromatic N) is 1. The van der Waals surface area contributed by atoms with Crippen LogP contribution in [-0.2, 0) is 9.59 Å². The standard InChI is InChI=1S/C11H18N2O3/c1-8(5-11(15)16)6-13-4-3-10(7-13)12-9(2)14/h5,10H,3-4,6-7H2,1-2H3,(H,12,14)(H,15,16). The third-order valence-electron chi connectivity index (χ3n) is 2.52. The highest BCUT2D eigenvalue weighted by atomic mass is 16.4. The largest absolute Gasteiger partial charge is 0.478 e. The zero-order valence-electron chi connectivity index (χ0n) is 9.69. The lowest BCUT2D eigenvalue weighted by Gasteiger charge is -2.16. The van der Waals surface area contributed by atoms with Gasteiger partial charge < -0.3 is 10.4 Å². The lowest BCUT2D eigenvalue weighted by atomic mass is 10.2. The van der Waals surface area contributed by atoms with Gasteiger partial charge in [-0.3, -0.25) is 9.69 Å². The lowest BCUT2D eigenvalue weighted by Crippen LogP contribution is -2.35. The first-order chi connectivity index (χ1) is 7.47. The molecule has 0 aliphatic carbocycles. The molecule has 1 unspecified atom stereocenters. The van der Waals surface area contributed by atoms with E-state index in [0.717, 1.165) is 25.1 Å². The summed E-state index contributed by atoms with van der Waals surface area (Å²) in [4.78, 5) is 23.4. The van der Waals surface area contributed by atoms with Gasteiger partial charge in [-0.25, -0.2) is 4.79 Å². The number of carbonyl (C=O) groups excluding carboxylic acids is 1. The van der Waals surface area contributed by atoms with Crippen LogP contribution in [0.25, 0.3) is 0 Å². The minimum absolute atomic E-state index is 0.00958. The molecular weight excluding hydrogens is 208 g/mol. The van der Waals surface area contributed by atoms with E-state index in [-0.39, 0.29) is 11.9 Å². The van der Waals surface area contributed by atoms with E-state index in [9.17, 15) is 9.59 Å². The van der Waals surface area contributed by atoms with Crippen LogP contribution in [0.1, 0.15) is 20.3 Å². The average Bonchev–Trinajstić information content (AvgIpc) is 2.49. The summed E-state index contributed by atoms with van der Waals surface area (Å²) in [5.41, 5.74) is 0.830. The third-order valence-corrected chi connectivity index (χ3v) is 2.52. The molecule has 0 bridgehead atoms. The Morgan fingerprint density at radius 2 is 2.19 bits per heavy atom. The van der Waals surface area contributed by atoms with Crippen LogP contribution < -0.4 is 5.32 Å². The van der Waals surface area contributed by atoms with Crippen molar-refractivity contribution >= 4 is 11.9 Å². The van der Waals surface area contributed by atoms with Crippen LogP contribution in [0.15, 0.2) is 11.6 Å². The summed E-state index contributed by atoms with van der Waals surface area (Å²) in [5.74, 6) is -0.917. The van der Waals surface area contributed by atoms with Crippen LogP contribution in [0.5, 0.6) is 0 Å². The van der Waals surface area contributed by atoms with Gasteiger partial charge in [0.05, 0.1) is 0 Å². The van der Waals surface area contributed by atoms with Crippen molar-refractivity contribution in [2.24, 2.45) is 0 Å². The maximum absolute atomic E-state index is 10.9. The van der Waals surface area contributed by atoms with Crippen LogP contribution in [-0.4, -0.2) is 47.6 Å². The molecule has 1 amide bonds. The van der Waals surface area contributed by atoms with Gasteiger partial charge in [0.1, 0.15) is 0 Å².